The van der Waals surface area contributed by atoms with Gasteiger partial charge in [0, 0.05) is 14.5 Å². The van der Waals surface area contributed by atoms with Crippen LogP contribution >= 0.6 is 31.9 Å². The molecular weight excluding hydrogens is 526 g/mol. The minimum atomic E-state index is -1.26. The molecule has 0 aliphatic heterocycles. The number of carboxylic acid groups (broad SMARTS) is 1. The number of hydrogen-bond acceptors (Lipinski definition) is 3. The topological polar surface area (TPSA) is 63.6 Å². The van der Waals surface area contributed by atoms with Gasteiger partial charge in [0.1, 0.15) is 18.2 Å². The van der Waals surface area contributed by atoms with Crippen molar-refractivity contribution in [3.8, 4) is 0 Å². The number of esters is 1. The van der Waals surface area contributed by atoms with Gasteiger partial charge in [0.2, 0.25) is 0 Å². The highest BCUT2D eigenvalue weighted by Gasteiger charge is 2.10. The molecule has 8 heteroatoms. The van der Waals surface area contributed by atoms with E-state index in [9.17, 15) is 18.4 Å². The Kier molecular flexibility index (Phi) is 9.14. The number of ether oxygens (including phenoxy) is 1. The van der Waals surface area contributed by atoms with Crippen molar-refractivity contribution in [3.05, 3.63) is 104 Å². The first-order valence-corrected chi connectivity index (χ1v) is 10.2. The zero-order valence-corrected chi connectivity index (χ0v) is 18.6. The molecule has 0 radical (unpaired) electrons. The SMILES string of the molecule is O=C(Cc1cc(Br)ccc1F)OCc1ccccc1.O=C(O)c1cc(Br)ccc1F. The summed E-state index contributed by atoms with van der Waals surface area (Å²) in [6.07, 6.45) is -0.0713. The molecule has 30 heavy (non-hydrogen) atoms. The van der Waals surface area contributed by atoms with Crippen molar-refractivity contribution in [2.24, 2.45) is 0 Å². The van der Waals surface area contributed by atoms with Crippen molar-refractivity contribution in [3.63, 3.8) is 0 Å². The monoisotopic (exact) mass is 540 g/mol. The van der Waals surface area contributed by atoms with Gasteiger partial charge in [-0.2, -0.15) is 0 Å². The number of aromatic carboxylic acids is 1. The molecule has 0 unspecified atom stereocenters. The van der Waals surface area contributed by atoms with Gasteiger partial charge >= 0.3 is 11.9 Å². The highest BCUT2D eigenvalue weighted by Crippen LogP contribution is 2.17. The Bertz CT molecular complexity index is 1030. The van der Waals surface area contributed by atoms with E-state index in [2.05, 4.69) is 31.9 Å². The van der Waals surface area contributed by atoms with Crippen molar-refractivity contribution >= 4 is 43.8 Å². The molecule has 0 heterocycles. The Hall–Kier alpha value is -2.58. The van der Waals surface area contributed by atoms with Crippen molar-refractivity contribution in [1.29, 1.82) is 0 Å². The van der Waals surface area contributed by atoms with E-state index in [0.717, 1.165) is 16.1 Å². The fraction of sp³-hybridized carbons (Fsp3) is 0.0909. The minimum absolute atomic E-state index is 0.0713. The van der Waals surface area contributed by atoms with Crippen LogP contribution in [0.2, 0.25) is 0 Å². The van der Waals surface area contributed by atoms with Gasteiger partial charge in [0.05, 0.1) is 12.0 Å². The van der Waals surface area contributed by atoms with Crippen molar-refractivity contribution in [2.45, 2.75) is 13.0 Å². The van der Waals surface area contributed by atoms with Gasteiger partial charge in [-0.15, -0.1) is 0 Å². The summed E-state index contributed by atoms with van der Waals surface area (Å²) in [4.78, 5) is 22.0. The quantitative estimate of drug-likeness (QED) is 0.393. The Balaban J connectivity index is 0.000000248. The smallest absolute Gasteiger partial charge is 0.338 e. The number of halogens is 4. The van der Waals surface area contributed by atoms with E-state index in [1.165, 1.54) is 18.2 Å². The maximum Gasteiger partial charge on any atom is 0.338 e. The summed E-state index contributed by atoms with van der Waals surface area (Å²) >= 11 is 6.28. The Morgan fingerprint density at radius 2 is 1.47 bits per heavy atom. The van der Waals surface area contributed by atoms with Gasteiger partial charge in [-0.3, -0.25) is 4.79 Å². The van der Waals surface area contributed by atoms with Crippen LogP contribution in [0.3, 0.4) is 0 Å². The normalized spacial score (nSPS) is 10.0. The third-order valence-electron chi connectivity index (χ3n) is 3.74. The summed E-state index contributed by atoms with van der Waals surface area (Å²) in [5, 5.41) is 8.43. The molecule has 3 rings (SSSR count). The molecule has 0 fully saturated rings. The summed E-state index contributed by atoms with van der Waals surface area (Å²) in [5.41, 5.74) is 0.914. The van der Waals surface area contributed by atoms with Gasteiger partial charge in [0.15, 0.2) is 0 Å². The number of rotatable bonds is 5. The zero-order chi connectivity index (χ0) is 22.1. The number of carboxylic acids is 1. The van der Waals surface area contributed by atoms with E-state index in [1.54, 1.807) is 12.1 Å². The van der Waals surface area contributed by atoms with Crippen molar-refractivity contribution < 1.29 is 28.2 Å². The average molecular weight is 542 g/mol. The number of benzene rings is 3. The summed E-state index contributed by atoms with van der Waals surface area (Å²) in [7, 11) is 0. The first kappa shape index (κ1) is 23.7. The lowest BCUT2D eigenvalue weighted by Crippen LogP contribution is -2.09. The second-order valence-corrected chi connectivity index (χ2v) is 7.82. The van der Waals surface area contributed by atoms with E-state index >= 15 is 0 Å². The van der Waals surface area contributed by atoms with Crippen LogP contribution in [0, 0.1) is 11.6 Å². The van der Waals surface area contributed by atoms with E-state index in [-0.39, 0.29) is 18.6 Å². The predicted octanol–water partition coefficient (Wildman–Crippen LogP) is 6.16. The van der Waals surface area contributed by atoms with Crippen LogP contribution in [0.25, 0.3) is 0 Å². The third kappa shape index (κ3) is 7.68. The fourth-order valence-electron chi connectivity index (χ4n) is 2.28. The maximum absolute atomic E-state index is 13.5. The Morgan fingerprint density at radius 3 is 2.07 bits per heavy atom. The highest BCUT2D eigenvalue weighted by molar-refractivity contribution is 9.10. The largest absolute Gasteiger partial charge is 0.478 e. The highest BCUT2D eigenvalue weighted by atomic mass is 79.9. The lowest BCUT2D eigenvalue weighted by atomic mass is 10.1. The minimum Gasteiger partial charge on any atom is -0.478 e. The summed E-state index contributed by atoms with van der Waals surface area (Å²) in [6, 6.07) is 17.6. The molecule has 0 bridgehead atoms. The maximum atomic E-state index is 13.5. The van der Waals surface area contributed by atoms with Crippen LogP contribution < -0.4 is 0 Å². The molecule has 0 aromatic heterocycles. The van der Waals surface area contributed by atoms with Crippen LogP contribution in [0.4, 0.5) is 8.78 Å². The summed E-state index contributed by atoms with van der Waals surface area (Å²) in [6.45, 7) is 0.204. The van der Waals surface area contributed by atoms with Crippen LogP contribution in [0.5, 0.6) is 0 Å². The molecule has 0 spiro atoms. The second-order valence-electron chi connectivity index (χ2n) is 5.99. The van der Waals surface area contributed by atoms with Gasteiger partial charge in [0.25, 0.3) is 0 Å². The second kappa shape index (κ2) is 11.6. The lowest BCUT2D eigenvalue weighted by molar-refractivity contribution is -0.144. The van der Waals surface area contributed by atoms with Gasteiger partial charge in [-0.25, -0.2) is 13.6 Å². The third-order valence-corrected chi connectivity index (χ3v) is 4.73. The molecule has 0 aliphatic rings. The molecule has 3 aromatic rings. The van der Waals surface area contributed by atoms with Crippen LogP contribution in [0.15, 0.2) is 75.7 Å². The molecule has 0 aliphatic carbocycles. The standard InChI is InChI=1S/C15H12BrFO2.C7H4BrFO2/c16-13-6-7-14(17)12(8-13)9-15(18)19-10-11-4-2-1-3-5-11;8-4-1-2-6(9)5(3-4)7(10)11/h1-8H,9-10H2;1-3H,(H,10,11). The number of carbonyl (C=O) groups excluding carboxylic acids is 1. The molecule has 0 saturated heterocycles. The van der Waals surface area contributed by atoms with Gasteiger partial charge < -0.3 is 9.84 Å². The van der Waals surface area contributed by atoms with Crippen LogP contribution in [-0.4, -0.2) is 17.0 Å². The van der Waals surface area contributed by atoms with Crippen LogP contribution in [-0.2, 0) is 22.6 Å². The van der Waals surface area contributed by atoms with Gasteiger partial charge in [-0.1, -0.05) is 62.2 Å². The van der Waals surface area contributed by atoms with Crippen LogP contribution in [0.1, 0.15) is 21.5 Å². The molecule has 1 N–H and O–H groups in total. The number of carbonyl (C=O) groups is 2. The lowest BCUT2D eigenvalue weighted by Gasteiger charge is -2.06. The van der Waals surface area contributed by atoms with E-state index in [4.69, 9.17) is 9.84 Å². The summed E-state index contributed by atoms with van der Waals surface area (Å²) in [5.74, 6) is -2.83. The molecule has 156 valence electrons. The summed E-state index contributed by atoms with van der Waals surface area (Å²) < 4.78 is 32.5. The first-order valence-electron chi connectivity index (χ1n) is 8.58. The van der Waals surface area contributed by atoms with E-state index < -0.39 is 23.6 Å². The average Bonchev–Trinajstić information content (AvgIpc) is 2.72. The number of hydrogen-bond donors (Lipinski definition) is 1. The van der Waals surface area contributed by atoms with Crippen molar-refractivity contribution in [1.82, 2.24) is 0 Å². The first-order chi connectivity index (χ1) is 14.3. The Labute approximate surface area is 188 Å². The van der Waals surface area contributed by atoms with Gasteiger partial charge in [-0.05, 0) is 42.0 Å². The molecule has 0 amide bonds. The zero-order valence-electron chi connectivity index (χ0n) is 15.4. The fourth-order valence-corrected chi connectivity index (χ4v) is 3.05. The predicted molar refractivity (Wildman–Crippen MR) is 115 cm³/mol. The molecule has 0 saturated carbocycles. The van der Waals surface area contributed by atoms with E-state index in [0.29, 0.717) is 10.0 Å². The van der Waals surface area contributed by atoms with Crippen molar-refractivity contribution in [2.75, 3.05) is 0 Å². The van der Waals surface area contributed by atoms with E-state index in [1.807, 2.05) is 30.3 Å². The molecule has 4 nitrogen and oxygen atoms in total. The Morgan fingerprint density at radius 1 is 0.867 bits per heavy atom. The molecule has 3 aromatic carbocycles. The molecule has 0 atom stereocenters. The molecular formula is C22H16Br2F2O4.